The van der Waals surface area contributed by atoms with E-state index in [2.05, 4.69) is 6.58 Å². The summed E-state index contributed by atoms with van der Waals surface area (Å²) in [6.07, 6.45) is 4.22. The van der Waals surface area contributed by atoms with Crippen LogP contribution in [0.15, 0.2) is 35.5 Å². The molecule has 1 nitrogen and oxygen atoms in total. The van der Waals surface area contributed by atoms with Gasteiger partial charge in [0.15, 0.2) is 0 Å². The minimum atomic E-state index is -0.282. The molecule has 0 fully saturated rings. The van der Waals surface area contributed by atoms with Gasteiger partial charge >= 0.3 is 0 Å². The summed E-state index contributed by atoms with van der Waals surface area (Å²) < 4.78 is 12.3. The average Bonchev–Trinajstić information content (AvgIpc) is 1.99. The SMILES string of the molecule is C=C(/C=C\C(F)=C/C)SN. The van der Waals surface area contributed by atoms with Gasteiger partial charge in [-0.05, 0) is 31.0 Å². The molecule has 2 N–H and O–H groups in total. The summed E-state index contributed by atoms with van der Waals surface area (Å²) in [7, 11) is 0. The molecule has 0 atom stereocenters. The lowest BCUT2D eigenvalue weighted by Gasteiger charge is -1.88. The molecule has 0 rings (SSSR count). The second-order valence-corrected chi connectivity index (χ2v) is 2.35. The van der Waals surface area contributed by atoms with E-state index < -0.39 is 0 Å². The summed E-state index contributed by atoms with van der Waals surface area (Å²) in [5.74, 6) is -0.282. The third kappa shape index (κ3) is 4.35. The Morgan fingerprint density at radius 1 is 1.60 bits per heavy atom. The molecule has 0 bridgehead atoms. The second-order valence-electron chi connectivity index (χ2n) is 1.59. The second kappa shape index (κ2) is 5.26. The number of hydrogen-bond donors (Lipinski definition) is 1. The van der Waals surface area contributed by atoms with Crippen molar-refractivity contribution in [2.45, 2.75) is 6.92 Å². The maximum atomic E-state index is 12.3. The van der Waals surface area contributed by atoms with Crippen LogP contribution in [0.2, 0.25) is 0 Å². The third-order valence-electron chi connectivity index (χ3n) is 0.856. The predicted molar refractivity (Wildman–Crippen MR) is 44.9 cm³/mol. The first-order chi connectivity index (χ1) is 4.70. The normalized spacial score (nSPS) is 12.5. The predicted octanol–water partition coefficient (Wildman–Crippen LogP) is 2.54. The maximum absolute atomic E-state index is 12.3. The van der Waals surface area contributed by atoms with Gasteiger partial charge in [-0.25, -0.2) is 4.39 Å². The van der Waals surface area contributed by atoms with E-state index in [1.807, 2.05) is 0 Å². The van der Waals surface area contributed by atoms with E-state index in [9.17, 15) is 4.39 Å². The largest absolute Gasteiger partial charge is 0.274 e. The van der Waals surface area contributed by atoms with Crippen LogP contribution in [-0.4, -0.2) is 0 Å². The van der Waals surface area contributed by atoms with E-state index >= 15 is 0 Å². The van der Waals surface area contributed by atoms with Gasteiger partial charge in [0.1, 0.15) is 5.83 Å². The van der Waals surface area contributed by atoms with Gasteiger partial charge in [0.05, 0.1) is 0 Å². The Hall–Kier alpha value is -0.540. The zero-order valence-electron chi connectivity index (χ0n) is 5.80. The summed E-state index contributed by atoms with van der Waals surface area (Å²) in [5.41, 5.74) is 0. The van der Waals surface area contributed by atoms with Crippen molar-refractivity contribution >= 4 is 11.9 Å². The Morgan fingerprint density at radius 3 is 2.60 bits per heavy atom. The van der Waals surface area contributed by atoms with Gasteiger partial charge in [-0.15, -0.1) is 0 Å². The fourth-order valence-electron chi connectivity index (χ4n) is 0.308. The van der Waals surface area contributed by atoms with Gasteiger partial charge in [0.25, 0.3) is 0 Å². The highest BCUT2D eigenvalue weighted by atomic mass is 32.2. The minimum absolute atomic E-state index is 0.282. The Kier molecular flexibility index (Phi) is 4.98. The first-order valence-corrected chi connectivity index (χ1v) is 3.64. The monoisotopic (exact) mass is 159 g/mol. The highest BCUT2D eigenvalue weighted by Gasteiger charge is 1.84. The van der Waals surface area contributed by atoms with Crippen LogP contribution in [0.3, 0.4) is 0 Å². The molecule has 10 heavy (non-hydrogen) atoms. The van der Waals surface area contributed by atoms with Crippen molar-refractivity contribution < 1.29 is 4.39 Å². The number of rotatable bonds is 3. The molecule has 0 aromatic carbocycles. The van der Waals surface area contributed by atoms with Crippen LogP contribution in [0.4, 0.5) is 4.39 Å². The summed E-state index contributed by atoms with van der Waals surface area (Å²) in [6, 6.07) is 0. The van der Waals surface area contributed by atoms with Gasteiger partial charge in [-0.3, -0.25) is 5.14 Å². The Morgan fingerprint density at radius 2 is 2.20 bits per heavy atom. The molecule has 0 aromatic heterocycles. The Balaban J connectivity index is 3.88. The molecule has 0 aromatic rings. The summed E-state index contributed by atoms with van der Waals surface area (Å²) in [4.78, 5) is 0.636. The van der Waals surface area contributed by atoms with E-state index in [-0.39, 0.29) is 5.83 Å². The van der Waals surface area contributed by atoms with Crippen LogP contribution in [0, 0.1) is 0 Å². The van der Waals surface area contributed by atoms with Crippen molar-refractivity contribution in [3.05, 3.63) is 35.5 Å². The molecule has 0 unspecified atom stereocenters. The van der Waals surface area contributed by atoms with Crippen molar-refractivity contribution in [3.8, 4) is 0 Å². The molecule has 0 aliphatic heterocycles. The van der Waals surface area contributed by atoms with Crippen molar-refractivity contribution in [2.75, 3.05) is 0 Å². The molecular formula is C7H10FNS. The maximum Gasteiger partial charge on any atom is 0.118 e. The van der Waals surface area contributed by atoms with Crippen LogP contribution in [0.1, 0.15) is 6.92 Å². The molecular weight excluding hydrogens is 149 g/mol. The first kappa shape index (κ1) is 9.46. The summed E-state index contributed by atoms with van der Waals surface area (Å²) in [6.45, 7) is 5.16. The van der Waals surface area contributed by atoms with Crippen LogP contribution in [-0.2, 0) is 0 Å². The number of nitrogens with two attached hydrogens (primary N) is 1. The Bertz CT molecular complexity index is 172. The number of halogens is 1. The van der Waals surface area contributed by atoms with Gasteiger partial charge in [0.2, 0.25) is 0 Å². The average molecular weight is 159 g/mol. The van der Waals surface area contributed by atoms with Crippen LogP contribution < -0.4 is 5.14 Å². The van der Waals surface area contributed by atoms with E-state index in [0.717, 1.165) is 11.9 Å². The van der Waals surface area contributed by atoms with Gasteiger partial charge in [0, 0.05) is 4.91 Å². The van der Waals surface area contributed by atoms with Crippen molar-refractivity contribution in [1.29, 1.82) is 0 Å². The molecule has 0 radical (unpaired) electrons. The third-order valence-corrected chi connectivity index (χ3v) is 1.29. The molecule has 3 heteroatoms. The molecule has 0 saturated heterocycles. The zero-order chi connectivity index (χ0) is 7.98. The topological polar surface area (TPSA) is 26.0 Å². The highest BCUT2D eigenvalue weighted by molar-refractivity contribution is 8.01. The number of allylic oxidation sites excluding steroid dienone is 4. The van der Waals surface area contributed by atoms with Gasteiger partial charge < -0.3 is 0 Å². The fraction of sp³-hybridized carbons (Fsp3) is 0.143. The summed E-state index contributed by atoms with van der Waals surface area (Å²) >= 11 is 1.00. The molecule has 0 aliphatic carbocycles. The fourth-order valence-corrected chi connectivity index (χ4v) is 0.455. The smallest absolute Gasteiger partial charge is 0.118 e. The standard InChI is InChI=1S/C7H10FNS/c1-3-7(8)5-4-6(2)10-9/h3-5H,2,9H2,1H3/b5-4-,7-3+. The quantitative estimate of drug-likeness (QED) is 0.506. The molecule has 0 spiro atoms. The number of hydrogen-bond acceptors (Lipinski definition) is 2. The van der Waals surface area contributed by atoms with Crippen LogP contribution >= 0.6 is 11.9 Å². The molecule has 0 heterocycles. The zero-order valence-corrected chi connectivity index (χ0v) is 6.62. The van der Waals surface area contributed by atoms with Crippen molar-refractivity contribution in [2.24, 2.45) is 5.14 Å². The molecule has 0 aliphatic rings. The van der Waals surface area contributed by atoms with E-state index in [4.69, 9.17) is 5.14 Å². The van der Waals surface area contributed by atoms with E-state index in [1.54, 1.807) is 6.92 Å². The van der Waals surface area contributed by atoms with Crippen LogP contribution in [0.25, 0.3) is 0 Å². The van der Waals surface area contributed by atoms with E-state index in [1.165, 1.54) is 18.2 Å². The van der Waals surface area contributed by atoms with E-state index in [0.29, 0.717) is 4.91 Å². The first-order valence-electron chi connectivity index (χ1n) is 2.76. The van der Waals surface area contributed by atoms with Crippen LogP contribution in [0.5, 0.6) is 0 Å². The van der Waals surface area contributed by atoms with Crippen molar-refractivity contribution in [3.63, 3.8) is 0 Å². The lowest BCUT2D eigenvalue weighted by atomic mass is 10.4. The van der Waals surface area contributed by atoms with Gasteiger partial charge in [-0.2, -0.15) is 0 Å². The molecule has 0 amide bonds. The lowest BCUT2D eigenvalue weighted by molar-refractivity contribution is 0.665. The van der Waals surface area contributed by atoms with Gasteiger partial charge in [-0.1, -0.05) is 12.7 Å². The molecule has 56 valence electrons. The Labute approximate surface area is 64.6 Å². The lowest BCUT2D eigenvalue weighted by Crippen LogP contribution is -1.76. The molecule has 0 saturated carbocycles. The highest BCUT2D eigenvalue weighted by Crippen LogP contribution is 2.08. The van der Waals surface area contributed by atoms with Crippen molar-refractivity contribution in [1.82, 2.24) is 0 Å². The summed E-state index contributed by atoms with van der Waals surface area (Å²) in [5, 5.41) is 5.12. The minimum Gasteiger partial charge on any atom is -0.274 e.